The lowest BCUT2D eigenvalue weighted by molar-refractivity contribution is 0.0842. The van der Waals surface area contributed by atoms with E-state index in [1.54, 1.807) is 6.07 Å². The first kappa shape index (κ1) is 20.0. The van der Waals surface area contributed by atoms with Crippen LogP contribution >= 0.6 is 24.0 Å². The number of nitrogens with zero attached hydrogens (tertiary/aromatic N) is 3. The first-order chi connectivity index (χ1) is 13.7. The van der Waals surface area contributed by atoms with Gasteiger partial charge in [0.25, 0.3) is 0 Å². The molecule has 29 heavy (non-hydrogen) atoms. The summed E-state index contributed by atoms with van der Waals surface area (Å²) in [5.74, 6) is -0.359. The highest BCUT2D eigenvalue weighted by Crippen LogP contribution is 2.47. The van der Waals surface area contributed by atoms with Gasteiger partial charge in [0, 0.05) is 11.9 Å². The SMILES string of the molecule is CC(C)CN1C(=S)SC(C)(C)C1n1oc(=O)n(-c2cccc3ccccc23)c1=O. The van der Waals surface area contributed by atoms with Crippen molar-refractivity contribution in [1.82, 2.24) is 14.2 Å². The molecule has 1 aliphatic rings. The standard InChI is InChI=1S/C21H23N3O3S2/c1-13(2)12-22-17(21(3,4)29-20(22)28)24-18(25)23(19(26)27-24)16-11-7-9-14-8-5-6-10-15(14)16/h5-11,13,17H,12H2,1-4H3. The van der Waals surface area contributed by atoms with Crippen molar-refractivity contribution >= 4 is 39.1 Å². The predicted octanol–water partition coefficient (Wildman–Crippen LogP) is 4.01. The van der Waals surface area contributed by atoms with Crippen LogP contribution in [0.4, 0.5) is 0 Å². The van der Waals surface area contributed by atoms with Gasteiger partial charge in [-0.3, -0.25) is 0 Å². The zero-order chi connectivity index (χ0) is 20.9. The predicted molar refractivity (Wildman–Crippen MR) is 121 cm³/mol. The summed E-state index contributed by atoms with van der Waals surface area (Å²) < 4.78 is 8.12. The monoisotopic (exact) mass is 429 g/mol. The van der Waals surface area contributed by atoms with Gasteiger partial charge in [0.05, 0.1) is 10.4 Å². The maximum Gasteiger partial charge on any atom is 0.447 e. The van der Waals surface area contributed by atoms with Crippen molar-refractivity contribution in [3.8, 4) is 5.69 Å². The van der Waals surface area contributed by atoms with Crippen LogP contribution in [-0.2, 0) is 0 Å². The number of aromatic nitrogens is 2. The van der Waals surface area contributed by atoms with E-state index >= 15 is 0 Å². The summed E-state index contributed by atoms with van der Waals surface area (Å²) in [6, 6.07) is 13.2. The Morgan fingerprint density at radius 2 is 1.83 bits per heavy atom. The number of thiocarbonyl (C=S) groups is 1. The van der Waals surface area contributed by atoms with Gasteiger partial charge >= 0.3 is 11.4 Å². The molecule has 1 fully saturated rings. The molecule has 6 nitrogen and oxygen atoms in total. The Kier molecular flexibility index (Phi) is 4.94. The number of hydrogen-bond donors (Lipinski definition) is 0. The fraction of sp³-hybridized carbons (Fsp3) is 0.381. The van der Waals surface area contributed by atoms with Gasteiger partial charge < -0.3 is 9.42 Å². The van der Waals surface area contributed by atoms with Gasteiger partial charge in [-0.25, -0.2) is 9.59 Å². The minimum atomic E-state index is -0.700. The molecule has 0 N–H and O–H groups in total. The third kappa shape index (κ3) is 3.34. The van der Waals surface area contributed by atoms with Crippen LogP contribution in [0.3, 0.4) is 0 Å². The Labute approximate surface area is 178 Å². The number of fused-ring (bicyclic) bond motifs is 1. The molecule has 1 aromatic heterocycles. The minimum Gasteiger partial charge on any atom is -0.333 e. The molecular weight excluding hydrogens is 406 g/mol. The molecule has 0 spiro atoms. The molecule has 152 valence electrons. The van der Waals surface area contributed by atoms with Crippen molar-refractivity contribution in [2.75, 3.05) is 6.54 Å². The Bertz CT molecular complexity index is 1200. The average molecular weight is 430 g/mol. The molecule has 1 atom stereocenters. The third-order valence-electron chi connectivity index (χ3n) is 5.03. The van der Waals surface area contributed by atoms with E-state index in [1.807, 2.05) is 55.1 Å². The number of hydrogen-bond acceptors (Lipinski definition) is 5. The molecule has 0 bridgehead atoms. The van der Waals surface area contributed by atoms with Crippen LogP contribution in [0.25, 0.3) is 16.5 Å². The van der Waals surface area contributed by atoms with Gasteiger partial charge in [-0.1, -0.05) is 74.2 Å². The molecular formula is C21H23N3O3S2. The van der Waals surface area contributed by atoms with Crippen molar-refractivity contribution in [3.63, 3.8) is 0 Å². The van der Waals surface area contributed by atoms with Crippen LogP contribution in [0.2, 0.25) is 0 Å². The molecule has 4 rings (SSSR count). The van der Waals surface area contributed by atoms with Crippen molar-refractivity contribution in [2.45, 2.75) is 38.6 Å². The highest BCUT2D eigenvalue weighted by Gasteiger charge is 2.48. The average Bonchev–Trinajstić information content (AvgIpc) is 3.05. The Hall–Kier alpha value is -2.32. The van der Waals surface area contributed by atoms with Gasteiger partial charge in [0.1, 0.15) is 4.32 Å². The van der Waals surface area contributed by atoms with E-state index in [0.29, 0.717) is 22.5 Å². The fourth-order valence-electron chi connectivity index (χ4n) is 3.89. The number of benzene rings is 2. The Balaban J connectivity index is 1.91. The molecule has 2 aromatic carbocycles. The van der Waals surface area contributed by atoms with Gasteiger partial charge in [-0.05, 0) is 31.2 Å². The molecule has 1 saturated heterocycles. The summed E-state index contributed by atoms with van der Waals surface area (Å²) in [5, 5.41) is 1.76. The molecule has 3 aromatic rings. The highest BCUT2D eigenvalue weighted by molar-refractivity contribution is 8.24. The number of thioether (sulfide) groups is 1. The minimum absolute atomic E-state index is 0.340. The summed E-state index contributed by atoms with van der Waals surface area (Å²) in [6.07, 6.45) is -0.473. The zero-order valence-electron chi connectivity index (χ0n) is 16.8. The topological polar surface area (TPSA) is 60.4 Å². The summed E-state index contributed by atoms with van der Waals surface area (Å²) in [7, 11) is 0. The van der Waals surface area contributed by atoms with E-state index in [-0.39, 0.29) is 0 Å². The molecule has 1 aliphatic heterocycles. The van der Waals surface area contributed by atoms with E-state index in [1.165, 1.54) is 16.5 Å². The highest BCUT2D eigenvalue weighted by atomic mass is 32.2. The van der Waals surface area contributed by atoms with Gasteiger partial charge in [0.15, 0.2) is 6.17 Å². The van der Waals surface area contributed by atoms with E-state index < -0.39 is 22.4 Å². The second-order valence-corrected chi connectivity index (χ2v) is 10.5. The Morgan fingerprint density at radius 3 is 2.55 bits per heavy atom. The van der Waals surface area contributed by atoms with Crippen molar-refractivity contribution in [2.24, 2.45) is 5.92 Å². The normalized spacial score (nSPS) is 18.9. The van der Waals surface area contributed by atoms with Crippen LogP contribution < -0.4 is 11.4 Å². The van der Waals surface area contributed by atoms with Crippen LogP contribution in [0.5, 0.6) is 0 Å². The van der Waals surface area contributed by atoms with Crippen molar-refractivity contribution < 1.29 is 4.52 Å². The first-order valence-corrected chi connectivity index (χ1v) is 10.8. The summed E-state index contributed by atoms with van der Waals surface area (Å²) >= 11 is 7.10. The van der Waals surface area contributed by atoms with Crippen LogP contribution in [0.15, 0.2) is 56.6 Å². The van der Waals surface area contributed by atoms with E-state index in [4.69, 9.17) is 16.7 Å². The van der Waals surface area contributed by atoms with Crippen LogP contribution in [0, 0.1) is 5.92 Å². The summed E-state index contributed by atoms with van der Waals surface area (Å²) in [4.78, 5) is 28.2. The molecule has 2 heterocycles. The lowest BCUT2D eigenvalue weighted by Crippen LogP contribution is -2.43. The van der Waals surface area contributed by atoms with E-state index in [2.05, 4.69) is 13.8 Å². The number of rotatable bonds is 4. The largest absolute Gasteiger partial charge is 0.447 e. The maximum absolute atomic E-state index is 13.4. The van der Waals surface area contributed by atoms with Crippen LogP contribution in [-0.4, -0.2) is 29.8 Å². The molecule has 1 unspecified atom stereocenters. The maximum atomic E-state index is 13.4. The summed E-state index contributed by atoms with van der Waals surface area (Å²) in [5.41, 5.74) is 0.0190. The molecule has 0 saturated carbocycles. The quantitative estimate of drug-likeness (QED) is 0.584. The Morgan fingerprint density at radius 1 is 1.14 bits per heavy atom. The van der Waals surface area contributed by atoms with Crippen molar-refractivity contribution in [1.29, 1.82) is 0 Å². The third-order valence-corrected chi connectivity index (χ3v) is 6.66. The zero-order valence-corrected chi connectivity index (χ0v) is 18.4. The van der Waals surface area contributed by atoms with Gasteiger partial charge in [-0.15, -0.1) is 4.74 Å². The lowest BCUT2D eigenvalue weighted by atomic mass is 10.1. The molecule has 0 amide bonds. The second kappa shape index (κ2) is 7.18. The smallest absolute Gasteiger partial charge is 0.333 e. The fourth-order valence-corrected chi connectivity index (χ4v) is 5.78. The van der Waals surface area contributed by atoms with Crippen LogP contribution in [0.1, 0.15) is 33.9 Å². The molecule has 0 radical (unpaired) electrons. The van der Waals surface area contributed by atoms with Crippen molar-refractivity contribution in [3.05, 3.63) is 63.5 Å². The lowest BCUT2D eigenvalue weighted by Gasteiger charge is -2.31. The molecule has 8 heteroatoms. The molecule has 0 aliphatic carbocycles. The first-order valence-electron chi connectivity index (χ1n) is 9.53. The van der Waals surface area contributed by atoms with E-state index in [0.717, 1.165) is 15.3 Å². The van der Waals surface area contributed by atoms with Gasteiger partial charge in [0.2, 0.25) is 0 Å². The second-order valence-electron chi connectivity index (χ2n) is 8.19. The van der Waals surface area contributed by atoms with E-state index in [9.17, 15) is 9.59 Å². The van der Waals surface area contributed by atoms with Gasteiger partial charge in [-0.2, -0.15) is 4.57 Å². The summed E-state index contributed by atoms with van der Waals surface area (Å²) in [6.45, 7) is 8.88.